The molecule has 2 rings (SSSR count). The van der Waals surface area contributed by atoms with Gasteiger partial charge in [-0.15, -0.1) is 0 Å². The normalized spacial score (nSPS) is 19.0. The van der Waals surface area contributed by atoms with Crippen LogP contribution in [0.2, 0.25) is 0 Å². The maximum atomic E-state index is 11.0. The van der Waals surface area contributed by atoms with E-state index in [1.807, 2.05) is 0 Å². The van der Waals surface area contributed by atoms with Gasteiger partial charge in [0.1, 0.15) is 0 Å². The lowest BCUT2D eigenvalue weighted by molar-refractivity contribution is 0.0989. The first kappa shape index (κ1) is 9.69. The van der Waals surface area contributed by atoms with E-state index in [2.05, 4.69) is 6.07 Å². The SMILES string of the molecule is N#CC1COCc2ccc(C(N)=O)cc21. The summed E-state index contributed by atoms with van der Waals surface area (Å²) in [7, 11) is 0. The number of benzene rings is 1. The highest BCUT2D eigenvalue weighted by molar-refractivity contribution is 5.93. The first-order valence-corrected chi connectivity index (χ1v) is 4.62. The van der Waals surface area contributed by atoms with Gasteiger partial charge in [-0.1, -0.05) is 6.07 Å². The Labute approximate surface area is 87.3 Å². The molecule has 76 valence electrons. The van der Waals surface area contributed by atoms with E-state index >= 15 is 0 Å². The van der Waals surface area contributed by atoms with Crippen molar-refractivity contribution in [2.24, 2.45) is 5.73 Å². The van der Waals surface area contributed by atoms with E-state index in [1.54, 1.807) is 18.2 Å². The third-order valence-electron chi connectivity index (χ3n) is 2.50. The fourth-order valence-electron chi connectivity index (χ4n) is 1.69. The first-order chi connectivity index (χ1) is 7.22. The number of fused-ring (bicyclic) bond motifs is 1. The predicted molar refractivity (Wildman–Crippen MR) is 53.0 cm³/mol. The molecule has 1 unspecified atom stereocenters. The van der Waals surface area contributed by atoms with Crippen molar-refractivity contribution in [3.8, 4) is 6.07 Å². The lowest BCUT2D eigenvalue weighted by Crippen LogP contribution is -2.18. The lowest BCUT2D eigenvalue weighted by Gasteiger charge is -2.21. The van der Waals surface area contributed by atoms with Gasteiger partial charge in [0.25, 0.3) is 0 Å². The summed E-state index contributed by atoms with van der Waals surface area (Å²) < 4.78 is 5.26. The molecule has 4 nitrogen and oxygen atoms in total. The summed E-state index contributed by atoms with van der Waals surface area (Å²) in [5, 5.41) is 8.92. The van der Waals surface area contributed by atoms with Gasteiger partial charge in [0.2, 0.25) is 5.91 Å². The Morgan fingerprint density at radius 1 is 1.60 bits per heavy atom. The zero-order valence-corrected chi connectivity index (χ0v) is 8.06. The standard InChI is InChI=1S/C11H10N2O2/c12-4-9-6-15-5-8-2-1-7(11(13)14)3-10(8)9/h1-3,9H,5-6H2,(H2,13,14). The zero-order chi connectivity index (χ0) is 10.8. The topological polar surface area (TPSA) is 76.1 Å². The molecule has 1 atom stereocenters. The zero-order valence-electron chi connectivity index (χ0n) is 8.06. The van der Waals surface area contributed by atoms with E-state index in [0.717, 1.165) is 11.1 Å². The molecule has 1 heterocycles. The molecule has 0 spiro atoms. The van der Waals surface area contributed by atoms with E-state index in [0.29, 0.717) is 18.8 Å². The van der Waals surface area contributed by atoms with Crippen molar-refractivity contribution < 1.29 is 9.53 Å². The van der Waals surface area contributed by atoms with Gasteiger partial charge < -0.3 is 10.5 Å². The van der Waals surface area contributed by atoms with Crippen LogP contribution in [0.25, 0.3) is 0 Å². The van der Waals surface area contributed by atoms with Crippen LogP contribution in [-0.4, -0.2) is 12.5 Å². The van der Waals surface area contributed by atoms with Crippen LogP contribution in [0, 0.1) is 11.3 Å². The number of primary amides is 1. The number of rotatable bonds is 1. The van der Waals surface area contributed by atoms with Crippen LogP contribution in [-0.2, 0) is 11.3 Å². The minimum atomic E-state index is -0.471. The molecule has 1 aliphatic heterocycles. The number of ether oxygens (including phenoxy) is 1. The Morgan fingerprint density at radius 2 is 2.40 bits per heavy atom. The van der Waals surface area contributed by atoms with Crippen LogP contribution in [0.4, 0.5) is 0 Å². The Balaban J connectivity index is 2.49. The maximum Gasteiger partial charge on any atom is 0.248 e. The van der Waals surface area contributed by atoms with Crippen LogP contribution in [0.1, 0.15) is 27.4 Å². The number of nitriles is 1. The summed E-state index contributed by atoms with van der Waals surface area (Å²) in [4.78, 5) is 11.0. The number of hydrogen-bond acceptors (Lipinski definition) is 3. The number of carbonyl (C=O) groups excluding carboxylic acids is 1. The molecule has 2 N–H and O–H groups in total. The molecule has 0 saturated carbocycles. The van der Waals surface area contributed by atoms with Crippen LogP contribution >= 0.6 is 0 Å². The van der Waals surface area contributed by atoms with Gasteiger partial charge in [-0.25, -0.2) is 0 Å². The van der Waals surface area contributed by atoms with Crippen molar-refractivity contribution in [1.29, 1.82) is 5.26 Å². The fraction of sp³-hybridized carbons (Fsp3) is 0.273. The Hall–Kier alpha value is -1.86. The maximum absolute atomic E-state index is 11.0. The van der Waals surface area contributed by atoms with Gasteiger partial charge in [-0.2, -0.15) is 5.26 Å². The number of hydrogen-bond donors (Lipinski definition) is 1. The van der Waals surface area contributed by atoms with Crippen molar-refractivity contribution in [3.63, 3.8) is 0 Å². The molecular formula is C11H10N2O2. The smallest absolute Gasteiger partial charge is 0.248 e. The third-order valence-corrected chi connectivity index (χ3v) is 2.50. The Bertz CT molecular complexity index is 448. The van der Waals surface area contributed by atoms with Crippen LogP contribution < -0.4 is 5.73 Å². The molecule has 1 aromatic rings. The molecule has 0 aromatic heterocycles. The molecular weight excluding hydrogens is 192 g/mol. The van der Waals surface area contributed by atoms with Gasteiger partial charge in [-0.05, 0) is 23.3 Å². The second-order valence-corrected chi connectivity index (χ2v) is 3.47. The van der Waals surface area contributed by atoms with Gasteiger partial charge in [0, 0.05) is 5.56 Å². The van der Waals surface area contributed by atoms with E-state index in [4.69, 9.17) is 15.7 Å². The van der Waals surface area contributed by atoms with Crippen molar-refractivity contribution in [3.05, 3.63) is 34.9 Å². The van der Waals surface area contributed by atoms with E-state index in [9.17, 15) is 4.79 Å². The summed E-state index contributed by atoms with van der Waals surface area (Å²) >= 11 is 0. The molecule has 0 saturated heterocycles. The second kappa shape index (κ2) is 3.71. The molecule has 0 fully saturated rings. The van der Waals surface area contributed by atoms with Crippen molar-refractivity contribution in [2.75, 3.05) is 6.61 Å². The van der Waals surface area contributed by atoms with Crippen LogP contribution in [0.5, 0.6) is 0 Å². The highest BCUT2D eigenvalue weighted by atomic mass is 16.5. The van der Waals surface area contributed by atoms with Gasteiger partial charge in [0.15, 0.2) is 0 Å². The van der Waals surface area contributed by atoms with E-state index in [-0.39, 0.29) is 5.92 Å². The highest BCUT2D eigenvalue weighted by Gasteiger charge is 2.21. The Kier molecular flexibility index (Phi) is 2.40. The molecule has 1 aromatic carbocycles. The summed E-state index contributed by atoms with van der Waals surface area (Å²) in [6.07, 6.45) is 0. The number of nitrogens with two attached hydrogens (primary N) is 1. The second-order valence-electron chi connectivity index (χ2n) is 3.47. The highest BCUT2D eigenvalue weighted by Crippen LogP contribution is 2.26. The summed E-state index contributed by atoms with van der Waals surface area (Å²) in [6.45, 7) is 0.873. The molecule has 0 aliphatic carbocycles. The minimum absolute atomic E-state index is 0.298. The van der Waals surface area contributed by atoms with Gasteiger partial charge in [-0.3, -0.25) is 4.79 Å². The monoisotopic (exact) mass is 202 g/mol. The average Bonchev–Trinajstić information content (AvgIpc) is 2.27. The number of amides is 1. The summed E-state index contributed by atoms with van der Waals surface area (Å²) in [6, 6.07) is 7.29. The average molecular weight is 202 g/mol. The molecule has 1 aliphatic rings. The largest absolute Gasteiger partial charge is 0.375 e. The van der Waals surface area contributed by atoms with Crippen LogP contribution in [0.3, 0.4) is 0 Å². The van der Waals surface area contributed by atoms with Crippen molar-refractivity contribution in [1.82, 2.24) is 0 Å². The van der Waals surface area contributed by atoms with Crippen LogP contribution in [0.15, 0.2) is 18.2 Å². The summed E-state index contributed by atoms with van der Waals surface area (Å²) in [5.74, 6) is -0.769. The quantitative estimate of drug-likeness (QED) is 0.735. The predicted octanol–water partition coefficient (Wildman–Crippen LogP) is 0.923. The number of carbonyl (C=O) groups is 1. The number of nitrogens with zero attached hydrogens (tertiary/aromatic N) is 1. The molecule has 0 bridgehead atoms. The van der Waals surface area contributed by atoms with Crippen molar-refractivity contribution >= 4 is 5.91 Å². The molecule has 0 radical (unpaired) electrons. The molecule has 4 heteroatoms. The minimum Gasteiger partial charge on any atom is -0.375 e. The van der Waals surface area contributed by atoms with Crippen molar-refractivity contribution in [2.45, 2.75) is 12.5 Å². The molecule has 1 amide bonds. The van der Waals surface area contributed by atoms with Gasteiger partial charge in [0.05, 0.1) is 25.2 Å². The first-order valence-electron chi connectivity index (χ1n) is 4.62. The Morgan fingerprint density at radius 3 is 3.07 bits per heavy atom. The third kappa shape index (κ3) is 1.69. The fourth-order valence-corrected chi connectivity index (χ4v) is 1.69. The summed E-state index contributed by atoms with van der Waals surface area (Å²) in [5.41, 5.74) is 7.44. The lowest BCUT2D eigenvalue weighted by atomic mass is 9.92. The molecule has 15 heavy (non-hydrogen) atoms. The van der Waals surface area contributed by atoms with E-state index in [1.165, 1.54) is 0 Å². The van der Waals surface area contributed by atoms with Gasteiger partial charge >= 0.3 is 0 Å². The van der Waals surface area contributed by atoms with E-state index < -0.39 is 5.91 Å².